The average molecular weight is 262 g/mol. The Kier molecular flexibility index (Phi) is 3.87. The lowest BCUT2D eigenvalue weighted by atomic mass is 10.1. The maximum atomic E-state index is 5.25. The Labute approximate surface area is 112 Å². The molecule has 1 atom stereocenters. The predicted molar refractivity (Wildman–Crippen MR) is 76.6 cm³/mol. The van der Waals surface area contributed by atoms with Crippen LogP contribution in [0.25, 0.3) is 0 Å². The molecule has 0 aliphatic rings. The van der Waals surface area contributed by atoms with Crippen molar-refractivity contribution >= 4 is 17.0 Å². The molecular formula is C14H18N2OS. The van der Waals surface area contributed by atoms with E-state index in [0.717, 1.165) is 5.69 Å². The largest absolute Gasteiger partial charge is 0.480 e. The van der Waals surface area contributed by atoms with Crippen LogP contribution in [0.4, 0.5) is 5.69 Å². The van der Waals surface area contributed by atoms with Crippen LogP contribution in [0.1, 0.15) is 28.3 Å². The number of hydrogen-bond acceptors (Lipinski definition) is 4. The van der Waals surface area contributed by atoms with Gasteiger partial charge in [-0.25, -0.2) is 4.98 Å². The summed E-state index contributed by atoms with van der Waals surface area (Å²) >= 11 is 1.83. The van der Waals surface area contributed by atoms with E-state index >= 15 is 0 Å². The number of ether oxygens (including phenoxy) is 1. The minimum atomic E-state index is 0.244. The zero-order valence-corrected chi connectivity index (χ0v) is 12.0. The normalized spacial score (nSPS) is 12.2. The van der Waals surface area contributed by atoms with Crippen LogP contribution in [0.2, 0.25) is 0 Å². The molecule has 2 aromatic heterocycles. The number of aryl methyl sites for hydroxylation is 2. The molecule has 1 N–H and O–H groups in total. The van der Waals surface area contributed by atoms with Crippen molar-refractivity contribution in [1.29, 1.82) is 0 Å². The number of anilines is 1. The number of thiophene rings is 1. The lowest BCUT2D eigenvalue weighted by Crippen LogP contribution is -2.08. The summed E-state index contributed by atoms with van der Waals surface area (Å²) in [6, 6.07) is 6.37. The van der Waals surface area contributed by atoms with Crippen molar-refractivity contribution in [3.05, 3.63) is 39.7 Å². The van der Waals surface area contributed by atoms with Crippen molar-refractivity contribution < 1.29 is 4.74 Å². The minimum Gasteiger partial charge on any atom is -0.480 e. The van der Waals surface area contributed by atoms with Crippen LogP contribution >= 0.6 is 11.3 Å². The Balaban J connectivity index is 2.21. The summed E-state index contributed by atoms with van der Waals surface area (Å²) in [5.74, 6) is 0.633. The zero-order valence-electron chi connectivity index (χ0n) is 11.2. The van der Waals surface area contributed by atoms with Gasteiger partial charge in [-0.3, -0.25) is 0 Å². The molecule has 0 aromatic carbocycles. The Morgan fingerprint density at radius 1 is 1.39 bits per heavy atom. The smallest absolute Gasteiger partial charge is 0.237 e. The SMILES string of the molecule is COc1ncccc1NC(C)c1cc(C)sc1C. The fourth-order valence-corrected chi connectivity index (χ4v) is 3.08. The molecule has 96 valence electrons. The molecule has 2 rings (SSSR count). The van der Waals surface area contributed by atoms with Crippen LogP contribution in [0, 0.1) is 13.8 Å². The summed E-state index contributed by atoms with van der Waals surface area (Å²) in [6.07, 6.45) is 1.73. The number of nitrogens with one attached hydrogen (secondary N) is 1. The molecule has 4 heteroatoms. The van der Waals surface area contributed by atoms with E-state index < -0.39 is 0 Å². The van der Waals surface area contributed by atoms with Crippen LogP contribution < -0.4 is 10.1 Å². The first-order valence-corrected chi connectivity index (χ1v) is 6.76. The van der Waals surface area contributed by atoms with E-state index in [2.05, 4.69) is 37.1 Å². The third-order valence-corrected chi connectivity index (χ3v) is 3.86. The molecule has 1 unspecified atom stereocenters. The second-order valence-corrected chi connectivity index (χ2v) is 5.76. The van der Waals surface area contributed by atoms with Crippen molar-refractivity contribution in [3.63, 3.8) is 0 Å². The molecule has 0 aliphatic carbocycles. The number of aromatic nitrogens is 1. The predicted octanol–water partition coefficient (Wildman–Crippen LogP) is 3.94. The average Bonchev–Trinajstić information content (AvgIpc) is 2.69. The summed E-state index contributed by atoms with van der Waals surface area (Å²) in [5, 5.41) is 3.45. The van der Waals surface area contributed by atoms with Crippen molar-refractivity contribution in [1.82, 2.24) is 4.98 Å². The van der Waals surface area contributed by atoms with E-state index in [9.17, 15) is 0 Å². The standard InChI is InChI=1S/C14H18N2OS/c1-9-8-12(11(3)18-9)10(2)16-13-6-5-7-15-14(13)17-4/h5-8,10,16H,1-4H3. The first kappa shape index (κ1) is 12.9. The lowest BCUT2D eigenvalue weighted by Gasteiger charge is -2.16. The van der Waals surface area contributed by atoms with Crippen molar-refractivity contribution in [2.24, 2.45) is 0 Å². The van der Waals surface area contributed by atoms with Crippen LogP contribution in [0.5, 0.6) is 5.88 Å². The third-order valence-electron chi connectivity index (χ3n) is 2.88. The molecule has 0 radical (unpaired) electrons. The van der Waals surface area contributed by atoms with Gasteiger partial charge >= 0.3 is 0 Å². The number of rotatable bonds is 4. The number of nitrogens with zero attached hydrogens (tertiary/aromatic N) is 1. The van der Waals surface area contributed by atoms with Crippen LogP contribution in [0.15, 0.2) is 24.4 Å². The molecule has 0 saturated heterocycles. The molecule has 0 fully saturated rings. The van der Waals surface area contributed by atoms with Crippen LogP contribution in [-0.4, -0.2) is 12.1 Å². The molecule has 0 aliphatic heterocycles. The number of pyridine rings is 1. The van der Waals surface area contributed by atoms with E-state index in [1.54, 1.807) is 13.3 Å². The Hall–Kier alpha value is -1.55. The molecule has 0 saturated carbocycles. The van der Waals surface area contributed by atoms with Gasteiger partial charge in [0.25, 0.3) is 0 Å². The van der Waals surface area contributed by atoms with Gasteiger partial charge in [0.1, 0.15) is 0 Å². The molecule has 2 heterocycles. The van der Waals surface area contributed by atoms with Gasteiger partial charge in [-0.1, -0.05) is 0 Å². The molecule has 0 bridgehead atoms. The lowest BCUT2D eigenvalue weighted by molar-refractivity contribution is 0.399. The molecule has 2 aromatic rings. The molecule has 3 nitrogen and oxygen atoms in total. The molecule has 18 heavy (non-hydrogen) atoms. The fourth-order valence-electron chi connectivity index (χ4n) is 2.05. The minimum absolute atomic E-state index is 0.244. The van der Waals surface area contributed by atoms with E-state index in [-0.39, 0.29) is 6.04 Å². The Morgan fingerprint density at radius 3 is 2.78 bits per heavy atom. The maximum absolute atomic E-state index is 5.25. The molecule has 0 amide bonds. The van der Waals surface area contributed by atoms with E-state index in [1.165, 1.54) is 15.3 Å². The monoisotopic (exact) mass is 262 g/mol. The van der Waals surface area contributed by atoms with Gasteiger partial charge in [0.2, 0.25) is 5.88 Å². The van der Waals surface area contributed by atoms with Gasteiger partial charge < -0.3 is 10.1 Å². The fraction of sp³-hybridized carbons (Fsp3) is 0.357. The second-order valence-electron chi connectivity index (χ2n) is 4.29. The summed E-state index contributed by atoms with van der Waals surface area (Å²) in [4.78, 5) is 6.89. The highest BCUT2D eigenvalue weighted by Gasteiger charge is 2.13. The van der Waals surface area contributed by atoms with Gasteiger partial charge in [-0.05, 0) is 44.5 Å². The first-order valence-electron chi connectivity index (χ1n) is 5.94. The van der Waals surface area contributed by atoms with Gasteiger partial charge in [0.05, 0.1) is 12.8 Å². The van der Waals surface area contributed by atoms with Gasteiger partial charge in [0.15, 0.2) is 0 Å². The van der Waals surface area contributed by atoms with Crippen molar-refractivity contribution in [3.8, 4) is 5.88 Å². The highest BCUT2D eigenvalue weighted by Crippen LogP contribution is 2.30. The summed E-state index contributed by atoms with van der Waals surface area (Å²) < 4.78 is 5.25. The van der Waals surface area contributed by atoms with E-state index in [1.807, 2.05) is 23.5 Å². The Morgan fingerprint density at radius 2 is 2.17 bits per heavy atom. The molecular weight excluding hydrogens is 244 g/mol. The maximum Gasteiger partial charge on any atom is 0.237 e. The van der Waals surface area contributed by atoms with Crippen molar-refractivity contribution in [2.75, 3.05) is 12.4 Å². The summed E-state index contributed by atoms with van der Waals surface area (Å²) in [7, 11) is 1.64. The topological polar surface area (TPSA) is 34.1 Å². The van der Waals surface area contributed by atoms with Gasteiger partial charge in [-0.15, -0.1) is 11.3 Å². The van der Waals surface area contributed by atoms with Crippen LogP contribution in [-0.2, 0) is 0 Å². The summed E-state index contributed by atoms with van der Waals surface area (Å²) in [5.41, 5.74) is 2.26. The zero-order chi connectivity index (χ0) is 13.1. The summed E-state index contributed by atoms with van der Waals surface area (Å²) in [6.45, 7) is 6.45. The second kappa shape index (κ2) is 5.40. The third kappa shape index (κ3) is 2.64. The highest BCUT2D eigenvalue weighted by molar-refractivity contribution is 7.12. The van der Waals surface area contributed by atoms with Crippen molar-refractivity contribution in [2.45, 2.75) is 26.8 Å². The van der Waals surface area contributed by atoms with Crippen LogP contribution in [0.3, 0.4) is 0 Å². The van der Waals surface area contributed by atoms with Gasteiger partial charge in [-0.2, -0.15) is 0 Å². The van der Waals surface area contributed by atoms with E-state index in [0.29, 0.717) is 5.88 Å². The number of hydrogen-bond donors (Lipinski definition) is 1. The first-order chi connectivity index (χ1) is 8.61. The Bertz CT molecular complexity index is 536. The molecule has 0 spiro atoms. The highest BCUT2D eigenvalue weighted by atomic mass is 32.1. The quantitative estimate of drug-likeness (QED) is 0.906. The number of methoxy groups -OCH3 is 1. The van der Waals surface area contributed by atoms with Gasteiger partial charge in [0, 0.05) is 22.0 Å². The van der Waals surface area contributed by atoms with E-state index in [4.69, 9.17) is 4.74 Å².